The van der Waals surface area contributed by atoms with E-state index in [1.165, 1.54) is 0 Å². The van der Waals surface area contributed by atoms with Crippen molar-refractivity contribution in [3.63, 3.8) is 0 Å². The van der Waals surface area contributed by atoms with E-state index in [0.29, 0.717) is 19.6 Å². The van der Waals surface area contributed by atoms with Crippen LogP contribution in [0.2, 0.25) is 0 Å². The maximum Gasteiger partial charge on any atom is 0.412 e. The summed E-state index contributed by atoms with van der Waals surface area (Å²) in [4.78, 5) is 14.5. The topological polar surface area (TPSA) is 88.9 Å². The third-order valence-electron chi connectivity index (χ3n) is 5.02. The molecule has 0 spiro atoms. The lowest BCUT2D eigenvalue weighted by Gasteiger charge is -2.35. The number of carbonyl (C=O) groups excluding carboxylic acids is 1. The van der Waals surface area contributed by atoms with Crippen molar-refractivity contribution < 1.29 is 19.4 Å². The van der Waals surface area contributed by atoms with Crippen molar-refractivity contribution in [2.24, 2.45) is 0 Å². The molecule has 1 saturated heterocycles. The molecule has 2 atom stereocenters. The molecule has 8 nitrogen and oxygen atoms in total. The zero-order valence-electron chi connectivity index (χ0n) is 18.5. The van der Waals surface area contributed by atoms with Gasteiger partial charge in [0.15, 0.2) is 0 Å². The van der Waals surface area contributed by atoms with Crippen molar-refractivity contribution in [2.45, 2.75) is 92.0 Å². The van der Waals surface area contributed by atoms with Gasteiger partial charge in [0, 0.05) is 24.3 Å². The molecular formula is C20H36N4O4. The first kappa shape index (κ1) is 22.6. The van der Waals surface area contributed by atoms with E-state index in [2.05, 4.69) is 10.4 Å². The van der Waals surface area contributed by atoms with E-state index in [1.807, 2.05) is 60.1 Å². The van der Waals surface area contributed by atoms with Gasteiger partial charge < -0.3 is 19.9 Å². The van der Waals surface area contributed by atoms with Crippen LogP contribution < -0.4 is 5.32 Å². The number of nitrogens with one attached hydrogen (secondary N) is 1. The Balaban J connectivity index is 2.08. The van der Waals surface area contributed by atoms with Gasteiger partial charge in [-0.1, -0.05) is 0 Å². The predicted octanol–water partition coefficient (Wildman–Crippen LogP) is 2.34. The van der Waals surface area contributed by atoms with E-state index in [9.17, 15) is 4.79 Å². The highest BCUT2D eigenvalue weighted by molar-refractivity contribution is 5.70. The fourth-order valence-electron chi connectivity index (χ4n) is 3.77. The van der Waals surface area contributed by atoms with Crippen molar-refractivity contribution in [3.05, 3.63) is 17.0 Å². The standard InChI is InChI=1S/C20H36N4O4/c1-13-16(14(2)23(22-13)9-10-25)11-21-12-17-15(3)27-20(7,8)24(17)18(26)28-19(4,5)6/h15,17,21,25H,9-12H2,1-8H3/t15-,17+/m0/s1. The summed E-state index contributed by atoms with van der Waals surface area (Å²) in [5, 5.41) is 17.1. The van der Waals surface area contributed by atoms with Crippen molar-refractivity contribution >= 4 is 6.09 Å². The number of carbonyl (C=O) groups is 1. The molecule has 0 aliphatic carbocycles. The quantitative estimate of drug-likeness (QED) is 0.767. The summed E-state index contributed by atoms with van der Waals surface area (Å²) in [6.45, 7) is 17.1. The van der Waals surface area contributed by atoms with Crippen LogP contribution in [0.25, 0.3) is 0 Å². The Morgan fingerprint density at radius 2 is 2.00 bits per heavy atom. The predicted molar refractivity (Wildman–Crippen MR) is 107 cm³/mol. The number of aliphatic hydroxyl groups is 1. The van der Waals surface area contributed by atoms with E-state index in [1.54, 1.807) is 4.90 Å². The molecule has 160 valence electrons. The Morgan fingerprint density at radius 1 is 1.36 bits per heavy atom. The number of rotatable bonds is 6. The molecular weight excluding hydrogens is 360 g/mol. The molecule has 0 bridgehead atoms. The maximum absolute atomic E-state index is 12.8. The van der Waals surface area contributed by atoms with E-state index >= 15 is 0 Å². The highest BCUT2D eigenvalue weighted by Gasteiger charge is 2.49. The number of ether oxygens (including phenoxy) is 2. The van der Waals surface area contributed by atoms with Gasteiger partial charge in [0.25, 0.3) is 0 Å². The van der Waals surface area contributed by atoms with Gasteiger partial charge in [-0.25, -0.2) is 4.79 Å². The van der Waals surface area contributed by atoms with E-state index in [-0.39, 0.29) is 24.8 Å². The van der Waals surface area contributed by atoms with Gasteiger partial charge in [-0.2, -0.15) is 5.10 Å². The van der Waals surface area contributed by atoms with Gasteiger partial charge in [0.2, 0.25) is 0 Å². The van der Waals surface area contributed by atoms with Crippen molar-refractivity contribution in [1.82, 2.24) is 20.0 Å². The van der Waals surface area contributed by atoms with Gasteiger partial charge in [0.1, 0.15) is 11.3 Å². The van der Waals surface area contributed by atoms with Crippen LogP contribution in [0.15, 0.2) is 0 Å². The highest BCUT2D eigenvalue weighted by Crippen LogP contribution is 2.33. The normalized spacial score (nSPS) is 22.0. The molecule has 0 saturated carbocycles. The van der Waals surface area contributed by atoms with Gasteiger partial charge in [-0.3, -0.25) is 9.58 Å². The van der Waals surface area contributed by atoms with Crippen LogP contribution >= 0.6 is 0 Å². The summed E-state index contributed by atoms with van der Waals surface area (Å²) in [7, 11) is 0. The Hall–Kier alpha value is -1.64. The Kier molecular flexibility index (Phi) is 6.78. The van der Waals surface area contributed by atoms with Crippen LogP contribution in [0.4, 0.5) is 4.79 Å². The summed E-state index contributed by atoms with van der Waals surface area (Å²) in [5.41, 5.74) is 1.80. The summed E-state index contributed by atoms with van der Waals surface area (Å²) in [5.74, 6) is 0. The number of aliphatic hydroxyl groups excluding tert-OH is 1. The summed E-state index contributed by atoms with van der Waals surface area (Å²) < 4.78 is 13.5. The number of nitrogens with zero attached hydrogens (tertiary/aromatic N) is 3. The van der Waals surface area contributed by atoms with E-state index < -0.39 is 11.3 Å². The molecule has 0 radical (unpaired) electrons. The van der Waals surface area contributed by atoms with Crippen LogP contribution in [-0.4, -0.2) is 62.5 Å². The molecule has 2 N–H and O–H groups in total. The lowest BCUT2D eigenvalue weighted by atomic mass is 10.1. The van der Waals surface area contributed by atoms with Crippen molar-refractivity contribution in [3.8, 4) is 0 Å². The summed E-state index contributed by atoms with van der Waals surface area (Å²) in [6.07, 6.45) is -0.480. The fourth-order valence-corrected chi connectivity index (χ4v) is 3.77. The number of hydrogen-bond donors (Lipinski definition) is 2. The third kappa shape index (κ3) is 5.04. The van der Waals surface area contributed by atoms with E-state index in [4.69, 9.17) is 14.6 Å². The number of amides is 1. The average molecular weight is 397 g/mol. The van der Waals surface area contributed by atoms with Gasteiger partial charge in [-0.05, 0) is 55.4 Å². The largest absolute Gasteiger partial charge is 0.444 e. The average Bonchev–Trinajstić information content (AvgIpc) is 2.92. The summed E-state index contributed by atoms with van der Waals surface area (Å²) >= 11 is 0. The minimum absolute atomic E-state index is 0.0612. The molecule has 2 rings (SSSR count). The zero-order valence-corrected chi connectivity index (χ0v) is 18.5. The van der Waals surface area contributed by atoms with Crippen LogP contribution in [0.5, 0.6) is 0 Å². The van der Waals surface area contributed by atoms with Crippen molar-refractivity contribution in [2.75, 3.05) is 13.2 Å². The van der Waals surface area contributed by atoms with Crippen LogP contribution in [0.3, 0.4) is 0 Å². The number of aromatic nitrogens is 2. The first-order valence-electron chi connectivity index (χ1n) is 9.92. The monoisotopic (exact) mass is 396 g/mol. The molecule has 1 aromatic rings. The van der Waals surface area contributed by atoms with Gasteiger partial charge >= 0.3 is 6.09 Å². The Labute approximate surface area is 168 Å². The highest BCUT2D eigenvalue weighted by atomic mass is 16.6. The second kappa shape index (κ2) is 8.39. The van der Waals surface area contributed by atoms with Gasteiger partial charge in [-0.15, -0.1) is 0 Å². The van der Waals surface area contributed by atoms with Crippen LogP contribution in [0, 0.1) is 13.8 Å². The molecule has 8 heteroatoms. The lowest BCUT2D eigenvalue weighted by Crippen LogP contribution is -2.53. The van der Waals surface area contributed by atoms with E-state index in [0.717, 1.165) is 17.0 Å². The Morgan fingerprint density at radius 3 is 2.57 bits per heavy atom. The molecule has 1 fully saturated rings. The lowest BCUT2D eigenvalue weighted by molar-refractivity contribution is -0.0756. The molecule has 1 aliphatic heterocycles. The van der Waals surface area contributed by atoms with Crippen LogP contribution in [0.1, 0.15) is 58.5 Å². The number of hydrogen-bond acceptors (Lipinski definition) is 6. The second-order valence-corrected chi connectivity index (χ2v) is 8.91. The number of aryl methyl sites for hydroxylation is 1. The molecule has 2 heterocycles. The summed E-state index contributed by atoms with van der Waals surface area (Å²) in [6, 6.07) is -0.141. The van der Waals surface area contributed by atoms with Crippen LogP contribution in [-0.2, 0) is 22.6 Å². The third-order valence-corrected chi connectivity index (χ3v) is 5.02. The van der Waals surface area contributed by atoms with Crippen molar-refractivity contribution in [1.29, 1.82) is 0 Å². The first-order valence-corrected chi connectivity index (χ1v) is 9.92. The molecule has 1 aliphatic rings. The smallest absolute Gasteiger partial charge is 0.412 e. The fraction of sp³-hybridized carbons (Fsp3) is 0.800. The minimum atomic E-state index is -0.730. The molecule has 28 heavy (non-hydrogen) atoms. The zero-order chi connectivity index (χ0) is 21.3. The first-order chi connectivity index (χ1) is 12.9. The minimum Gasteiger partial charge on any atom is -0.444 e. The maximum atomic E-state index is 12.8. The molecule has 0 aromatic carbocycles. The molecule has 0 unspecified atom stereocenters. The molecule has 1 aromatic heterocycles. The molecule has 1 amide bonds. The Bertz CT molecular complexity index is 693. The second-order valence-electron chi connectivity index (χ2n) is 8.91. The van der Waals surface area contributed by atoms with Gasteiger partial charge in [0.05, 0.1) is 31.0 Å². The SMILES string of the molecule is Cc1nn(CCO)c(C)c1CNC[C@@H]1[C@H](C)OC(C)(C)N1C(=O)OC(C)(C)C.